The molecule has 1 aromatic carbocycles. The van der Waals surface area contributed by atoms with Gasteiger partial charge in [0.2, 0.25) is 5.91 Å². The molecule has 0 aliphatic carbocycles. The Balaban J connectivity index is 1.90. The molecule has 0 bridgehead atoms. The number of thiophene rings is 1. The van der Waals surface area contributed by atoms with Crippen LogP contribution in [0.4, 0.5) is 5.69 Å². The minimum absolute atomic E-state index is 0.260. The fraction of sp³-hybridized carbons (Fsp3) is 0.0667. The second-order valence-corrected chi connectivity index (χ2v) is 6.52. The van der Waals surface area contributed by atoms with Crippen molar-refractivity contribution in [2.75, 3.05) is 5.32 Å². The van der Waals surface area contributed by atoms with Gasteiger partial charge in [0, 0.05) is 15.4 Å². The highest BCUT2D eigenvalue weighted by molar-refractivity contribution is 9.10. The van der Waals surface area contributed by atoms with Crippen LogP contribution in [0.25, 0.3) is 6.08 Å². The lowest BCUT2D eigenvalue weighted by Crippen LogP contribution is -2.32. The molecule has 1 aromatic heterocycles. The average Bonchev–Trinajstić information content (AvgIpc) is 2.93. The summed E-state index contributed by atoms with van der Waals surface area (Å²) in [6, 6.07) is 9.72. The lowest BCUT2D eigenvalue weighted by Gasteiger charge is -2.10. The van der Waals surface area contributed by atoms with Crippen molar-refractivity contribution in [1.82, 2.24) is 5.32 Å². The maximum Gasteiger partial charge on any atom is 0.250 e. The van der Waals surface area contributed by atoms with Crippen LogP contribution in [0.3, 0.4) is 0 Å². The molecule has 0 spiro atoms. The molecule has 0 atom stereocenters. The van der Waals surface area contributed by atoms with Crippen molar-refractivity contribution in [3.05, 3.63) is 56.7 Å². The molecule has 0 radical (unpaired) electrons. The Kier molecular flexibility index (Phi) is 5.67. The van der Waals surface area contributed by atoms with Crippen molar-refractivity contribution < 1.29 is 4.79 Å². The molecule has 0 aliphatic heterocycles. The SMILES string of the molecule is Cc1ccc(NC(=S)NC(=O)/C=C/c2cccs2)c(Br)c1. The van der Waals surface area contributed by atoms with Gasteiger partial charge < -0.3 is 5.32 Å². The van der Waals surface area contributed by atoms with Crippen molar-refractivity contribution in [3.8, 4) is 0 Å². The molecule has 0 saturated heterocycles. The van der Waals surface area contributed by atoms with Crippen molar-refractivity contribution in [2.24, 2.45) is 0 Å². The zero-order valence-corrected chi connectivity index (χ0v) is 14.4. The monoisotopic (exact) mass is 380 g/mol. The third kappa shape index (κ3) is 5.08. The Hall–Kier alpha value is -1.50. The Morgan fingerprint density at radius 2 is 2.19 bits per heavy atom. The van der Waals surface area contributed by atoms with Gasteiger partial charge in [0.15, 0.2) is 5.11 Å². The van der Waals surface area contributed by atoms with Gasteiger partial charge in [-0.2, -0.15) is 0 Å². The smallest absolute Gasteiger partial charge is 0.250 e. The van der Waals surface area contributed by atoms with Gasteiger partial charge in [0.05, 0.1) is 5.69 Å². The highest BCUT2D eigenvalue weighted by atomic mass is 79.9. The van der Waals surface area contributed by atoms with Crippen LogP contribution >= 0.6 is 39.5 Å². The van der Waals surface area contributed by atoms with E-state index in [1.54, 1.807) is 17.4 Å². The van der Waals surface area contributed by atoms with Gasteiger partial charge in [-0.25, -0.2) is 0 Å². The molecule has 6 heteroatoms. The van der Waals surface area contributed by atoms with E-state index in [9.17, 15) is 4.79 Å². The molecule has 1 amide bonds. The number of benzene rings is 1. The molecular formula is C15H13BrN2OS2. The van der Waals surface area contributed by atoms with E-state index < -0.39 is 0 Å². The maximum atomic E-state index is 11.7. The predicted molar refractivity (Wildman–Crippen MR) is 96.6 cm³/mol. The Morgan fingerprint density at radius 1 is 1.38 bits per heavy atom. The van der Waals surface area contributed by atoms with Crippen LogP contribution in [0.2, 0.25) is 0 Å². The van der Waals surface area contributed by atoms with Gasteiger partial charge in [-0.3, -0.25) is 10.1 Å². The number of thiocarbonyl (C=S) groups is 1. The lowest BCUT2D eigenvalue weighted by atomic mass is 10.2. The first kappa shape index (κ1) is 15.9. The molecular weight excluding hydrogens is 368 g/mol. The van der Waals surface area contributed by atoms with Crippen molar-refractivity contribution in [2.45, 2.75) is 6.92 Å². The summed E-state index contributed by atoms with van der Waals surface area (Å²) in [5.74, 6) is -0.260. The number of nitrogens with one attached hydrogen (secondary N) is 2. The van der Waals surface area contributed by atoms with Crippen LogP contribution in [-0.4, -0.2) is 11.0 Å². The summed E-state index contributed by atoms with van der Waals surface area (Å²) in [6.07, 6.45) is 3.22. The van der Waals surface area contributed by atoms with Gasteiger partial charge >= 0.3 is 0 Å². The van der Waals surface area contributed by atoms with Crippen molar-refractivity contribution in [1.29, 1.82) is 0 Å². The van der Waals surface area contributed by atoms with E-state index in [1.807, 2.05) is 42.6 Å². The lowest BCUT2D eigenvalue weighted by molar-refractivity contribution is -0.115. The van der Waals surface area contributed by atoms with E-state index in [4.69, 9.17) is 12.2 Å². The van der Waals surface area contributed by atoms with E-state index in [0.717, 1.165) is 20.6 Å². The number of hydrogen-bond donors (Lipinski definition) is 2. The summed E-state index contributed by atoms with van der Waals surface area (Å²) in [7, 11) is 0. The molecule has 2 aromatic rings. The number of carbonyl (C=O) groups excluding carboxylic acids is 1. The number of rotatable bonds is 3. The number of anilines is 1. The second kappa shape index (κ2) is 7.49. The van der Waals surface area contributed by atoms with Gasteiger partial charge in [-0.1, -0.05) is 12.1 Å². The zero-order valence-electron chi connectivity index (χ0n) is 11.2. The first-order valence-electron chi connectivity index (χ1n) is 6.14. The fourth-order valence-electron chi connectivity index (χ4n) is 1.57. The van der Waals surface area contributed by atoms with Gasteiger partial charge in [0.1, 0.15) is 0 Å². The highest BCUT2D eigenvalue weighted by Crippen LogP contribution is 2.23. The molecule has 0 fully saturated rings. The molecule has 2 rings (SSSR count). The summed E-state index contributed by atoms with van der Waals surface area (Å²) in [5.41, 5.74) is 1.95. The summed E-state index contributed by atoms with van der Waals surface area (Å²) in [6.45, 7) is 2.00. The number of carbonyl (C=O) groups is 1. The summed E-state index contributed by atoms with van der Waals surface area (Å²) >= 11 is 10.1. The van der Waals surface area contributed by atoms with Crippen LogP contribution in [0.1, 0.15) is 10.4 Å². The van der Waals surface area contributed by atoms with Crippen LogP contribution in [0.5, 0.6) is 0 Å². The summed E-state index contributed by atoms with van der Waals surface area (Å²) in [4.78, 5) is 12.8. The van der Waals surface area contributed by atoms with E-state index in [2.05, 4.69) is 26.6 Å². The minimum atomic E-state index is -0.260. The predicted octanol–water partition coefficient (Wildman–Crippen LogP) is 4.35. The minimum Gasteiger partial charge on any atom is -0.331 e. The number of aryl methyl sites for hydroxylation is 1. The molecule has 0 saturated carbocycles. The highest BCUT2D eigenvalue weighted by Gasteiger charge is 2.04. The first-order chi connectivity index (χ1) is 10.0. The molecule has 108 valence electrons. The van der Waals surface area contributed by atoms with Crippen LogP contribution in [0.15, 0.2) is 46.3 Å². The maximum absolute atomic E-state index is 11.7. The second-order valence-electron chi connectivity index (χ2n) is 4.28. The average molecular weight is 381 g/mol. The molecule has 21 heavy (non-hydrogen) atoms. The number of halogens is 1. The topological polar surface area (TPSA) is 41.1 Å². The Morgan fingerprint density at radius 3 is 2.86 bits per heavy atom. The standard InChI is InChI=1S/C15H13BrN2OS2/c1-10-4-6-13(12(16)9-10)17-15(20)18-14(19)7-5-11-3-2-8-21-11/h2-9H,1H3,(H2,17,18,19,20)/b7-5+. The Bertz CT molecular complexity index is 681. The van der Waals surface area contributed by atoms with Gasteiger partial charge in [0.25, 0.3) is 0 Å². The fourth-order valence-corrected chi connectivity index (χ4v) is 2.99. The van der Waals surface area contributed by atoms with Gasteiger partial charge in [-0.15, -0.1) is 11.3 Å². The summed E-state index contributed by atoms with van der Waals surface area (Å²) in [5, 5.41) is 7.82. The number of amides is 1. The van der Waals surface area contributed by atoms with E-state index in [-0.39, 0.29) is 11.0 Å². The Labute approximate surface area is 141 Å². The van der Waals surface area contributed by atoms with Crippen molar-refractivity contribution >= 4 is 62.3 Å². The molecule has 0 unspecified atom stereocenters. The van der Waals surface area contributed by atoms with Crippen LogP contribution in [0, 0.1) is 6.92 Å². The normalized spacial score (nSPS) is 10.6. The van der Waals surface area contributed by atoms with Gasteiger partial charge in [-0.05, 0) is 70.3 Å². The summed E-state index contributed by atoms with van der Waals surface area (Å²) < 4.78 is 0.897. The van der Waals surface area contributed by atoms with Crippen LogP contribution < -0.4 is 10.6 Å². The number of hydrogen-bond acceptors (Lipinski definition) is 3. The van der Waals surface area contributed by atoms with Crippen molar-refractivity contribution in [3.63, 3.8) is 0 Å². The molecule has 2 N–H and O–H groups in total. The zero-order chi connectivity index (χ0) is 15.2. The largest absolute Gasteiger partial charge is 0.331 e. The third-order valence-corrected chi connectivity index (χ3v) is 4.25. The molecule has 0 aliphatic rings. The first-order valence-corrected chi connectivity index (χ1v) is 8.22. The van der Waals surface area contributed by atoms with Crippen LogP contribution in [-0.2, 0) is 4.79 Å². The molecule has 1 heterocycles. The van der Waals surface area contributed by atoms with E-state index in [1.165, 1.54) is 6.08 Å². The molecule has 3 nitrogen and oxygen atoms in total. The third-order valence-electron chi connectivity index (χ3n) is 2.55. The van der Waals surface area contributed by atoms with E-state index >= 15 is 0 Å². The van der Waals surface area contributed by atoms with E-state index in [0.29, 0.717) is 0 Å². The quantitative estimate of drug-likeness (QED) is 0.614.